The molecule has 1 aromatic heterocycles. The van der Waals surface area contributed by atoms with Gasteiger partial charge in [-0.15, -0.1) is 0 Å². The third-order valence-electron chi connectivity index (χ3n) is 3.20. The Hall–Kier alpha value is -2.64. The molecule has 0 bridgehead atoms. The highest BCUT2D eigenvalue weighted by Crippen LogP contribution is 2.22. The number of allylic oxidation sites excluding steroid dienone is 4. The topological polar surface area (TPSA) is 56.5 Å². The first-order valence-electron chi connectivity index (χ1n) is 7.96. The number of ether oxygens (including phenoxy) is 1. The number of halogens is 3. The number of hydrogen-bond acceptors (Lipinski definition) is 4. The average molecular weight is 369 g/mol. The summed E-state index contributed by atoms with van der Waals surface area (Å²) in [5.74, 6) is 0. The van der Waals surface area contributed by atoms with Crippen molar-refractivity contribution in [2.45, 2.75) is 40.3 Å². The van der Waals surface area contributed by atoms with Gasteiger partial charge in [0.1, 0.15) is 0 Å². The predicted molar refractivity (Wildman–Crippen MR) is 97.2 cm³/mol. The molecule has 0 saturated heterocycles. The van der Waals surface area contributed by atoms with Gasteiger partial charge < -0.3 is 4.74 Å². The molecule has 1 aromatic rings. The molecule has 0 atom stereocenters. The van der Waals surface area contributed by atoms with Crippen LogP contribution in [0.15, 0.2) is 40.8 Å². The van der Waals surface area contributed by atoms with E-state index < -0.39 is 24.4 Å². The number of alkyl halides is 3. The number of aliphatic imine (C=N–C) groups is 1. The quantitative estimate of drug-likeness (QED) is 0.527. The molecule has 0 aliphatic carbocycles. The molecule has 0 radical (unpaired) electrons. The zero-order valence-corrected chi connectivity index (χ0v) is 15.2. The number of nitrogens with zero attached hydrogens (tertiary/aromatic N) is 3. The van der Waals surface area contributed by atoms with Gasteiger partial charge in [0.05, 0.1) is 5.69 Å². The molecule has 0 saturated carbocycles. The van der Waals surface area contributed by atoms with E-state index in [1.807, 2.05) is 0 Å². The zero-order valence-electron chi connectivity index (χ0n) is 15.2. The van der Waals surface area contributed by atoms with Crippen LogP contribution >= 0.6 is 0 Å². The van der Waals surface area contributed by atoms with Crippen molar-refractivity contribution < 1.29 is 17.9 Å². The van der Waals surface area contributed by atoms with E-state index in [9.17, 15) is 18.0 Å². The Morgan fingerprint density at radius 2 is 2.08 bits per heavy atom. The van der Waals surface area contributed by atoms with Crippen molar-refractivity contribution in [3.63, 3.8) is 0 Å². The lowest BCUT2D eigenvalue weighted by Crippen LogP contribution is -2.27. The van der Waals surface area contributed by atoms with Gasteiger partial charge in [0.25, 0.3) is 5.56 Å². The minimum Gasteiger partial charge on any atom is -0.455 e. The third kappa shape index (κ3) is 6.02. The van der Waals surface area contributed by atoms with Gasteiger partial charge in [-0.25, -0.2) is 4.57 Å². The minimum absolute atomic E-state index is 0.187. The molecule has 0 aromatic carbocycles. The molecular weight excluding hydrogens is 347 g/mol. The van der Waals surface area contributed by atoms with E-state index in [1.54, 1.807) is 33.8 Å². The van der Waals surface area contributed by atoms with Crippen molar-refractivity contribution in [1.82, 2.24) is 9.55 Å². The Balaban J connectivity index is 3.61. The van der Waals surface area contributed by atoms with Crippen LogP contribution in [0.1, 0.15) is 39.8 Å². The molecule has 8 heteroatoms. The summed E-state index contributed by atoms with van der Waals surface area (Å²) >= 11 is 0. The summed E-state index contributed by atoms with van der Waals surface area (Å²) in [6.45, 7) is 9.03. The highest BCUT2D eigenvalue weighted by molar-refractivity contribution is 5.80. The zero-order chi connectivity index (χ0) is 19.9. The van der Waals surface area contributed by atoms with Gasteiger partial charge >= 0.3 is 12.2 Å². The monoisotopic (exact) mass is 369 g/mol. The summed E-state index contributed by atoms with van der Waals surface area (Å²) < 4.78 is 43.6. The van der Waals surface area contributed by atoms with Gasteiger partial charge in [0.2, 0.25) is 0 Å². The molecular formula is C18H22F3N3O2. The molecule has 1 rings (SSSR count). The van der Waals surface area contributed by atoms with Crippen molar-refractivity contribution in [1.29, 1.82) is 0 Å². The number of aromatic nitrogens is 2. The smallest absolute Gasteiger partial charge is 0.422 e. The van der Waals surface area contributed by atoms with E-state index in [0.29, 0.717) is 17.7 Å². The van der Waals surface area contributed by atoms with Crippen LogP contribution in [0.25, 0.3) is 11.3 Å². The maximum atomic E-state index is 12.6. The second-order valence-electron chi connectivity index (χ2n) is 5.50. The van der Waals surface area contributed by atoms with Crippen LogP contribution in [0.5, 0.6) is 6.01 Å². The van der Waals surface area contributed by atoms with E-state index in [-0.39, 0.29) is 5.69 Å². The van der Waals surface area contributed by atoms with E-state index >= 15 is 0 Å². The number of rotatable bonds is 7. The van der Waals surface area contributed by atoms with Crippen LogP contribution in [0.4, 0.5) is 13.2 Å². The molecule has 0 amide bonds. The summed E-state index contributed by atoms with van der Waals surface area (Å²) in [7, 11) is 0. The Labute approximate surface area is 150 Å². The second kappa shape index (κ2) is 9.17. The lowest BCUT2D eigenvalue weighted by Gasteiger charge is -2.16. The maximum absolute atomic E-state index is 12.6. The van der Waals surface area contributed by atoms with Crippen molar-refractivity contribution in [3.8, 4) is 6.01 Å². The summed E-state index contributed by atoms with van der Waals surface area (Å²) in [6.07, 6.45) is 0.310. The SMILES string of the molecule is C=C/C(=C\C)c1cc(=O)n(/C(=C/N=C(C)C)CC)c(OCC(F)(F)F)n1. The van der Waals surface area contributed by atoms with Crippen molar-refractivity contribution in [2.24, 2.45) is 4.99 Å². The van der Waals surface area contributed by atoms with Gasteiger partial charge in [-0.1, -0.05) is 25.7 Å². The minimum atomic E-state index is -4.56. The van der Waals surface area contributed by atoms with Crippen molar-refractivity contribution >= 4 is 17.0 Å². The molecule has 0 unspecified atom stereocenters. The molecule has 26 heavy (non-hydrogen) atoms. The molecule has 0 N–H and O–H groups in total. The van der Waals surface area contributed by atoms with Gasteiger partial charge in [-0.05, 0) is 32.8 Å². The standard InChI is InChI=1S/C18H22F3N3O2/c1-6-13(7-2)15-9-16(25)24(14(8-3)10-22-12(4)5)17(23-15)26-11-18(19,20)21/h6-7,9-10H,1,8,11H2,2-5H3/b13-7+,14-10+. The van der Waals surface area contributed by atoms with Crippen LogP contribution in [-0.2, 0) is 0 Å². The van der Waals surface area contributed by atoms with E-state index in [0.717, 1.165) is 10.3 Å². The van der Waals surface area contributed by atoms with Crippen LogP contribution in [-0.4, -0.2) is 28.0 Å². The first-order chi connectivity index (χ1) is 12.1. The van der Waals surface area contributed by atoms with Gasteiger partial charge in [0, 0.05) is 23.7 Å². The van der Waals surface area contributed by atoms with Crippen molar-refractivity contribution in [3.05, 3.63) is 47.0 Å². The fourth-order valence-corrected chi connectivity index (χ4v) is 2.00. The second-order valence-corrected chi connectivity index (χ2v) is 5.50. The fourth-order valence-electron chi connectivity index (χ4n) is 2.00. The van der Waals surface area contributed by atoms with Crippen LogP contribution in [0, 0.1) is 0 Å². The Morgan fingerprint density at radius 3 is 2.54 bits per heavy atom. The molecule has 0 aliphatic rings. The van der Waals surface area contributed by atoms with E-state index in [4.69, 9.17) is 4.74 Å². The summed E-state index contributed by atoms with van der Waals surface area (Å²) in [5, 5.41) is 0. The van der Waals surface area contributed by atoms with E-state index in [1.165, 1.54) is 18.3 Å². The van der Waals surface area contributed by atoms with Crippen molar-refractivity contribution in [2.75, 3.05) is 6.61 Å². The maximum Gasteiger partial charge on any atom is 0.422 e. The molecule has 0 aliphatic heterocycles. The predicted octanol–water partition coefficient (Wildman–Crippen LogP) is 4.46. The average Bonchev–Trinajstić information content (AvgIpc) is 2.55. The van der Waals surface area contributed by atoms with Crippen LogP contribution in [0.2, 0.25) is 0 Å². The van der Waals surface area contributed by atoms with Crippen LogP contribution in [0.3, 0.4) is 0 Å². The third-order valence-corrected chi connectivity index (χ3v) is 3.20. The highest BCUT2D eigenvalue weighted by atomic mass is 19.4. The molecule has 142 valence electrons. The Morgan fingerprint density at radius 1 is 1.42 bits per heavy atom. The summed E-state index contributed by atoms with van der Waals surface area (Å²) in [4.78, 5) is 20.8. The largest absolute Gasteiger partial charge is 0.455 e. The first-order valence-corrected chi connectivity index (χ1v) is 7.96. The lowest BCUT2D eigenvalue weighted by atomic mass is 10.2. The number of hydrogen-bond donors (Lipinski definition) is 0. The summed E-state index contributed by atoms with van der Waals surface area (Å²) in [5.41, 5.74) is 1.23. The lowest BCUT2D eigenvalue weighted by molar-refractivity contribution is -0.155. The van der Waals surface area contributed by atoms with Gasteiger partial charge in [-0.2, -0.15) is 18.2 Å². The molecule has 0 fully saturated rings. The highest BCUT2D eigenvalue weighted by Gasteiger charge is 2.30. The Bertz CT molecular complexity index is 799. The van der Waals surface area contributed by atoms with E-state index in [2.05, 4.69) is 16.6 Å². The normalized spacial score (nSPS) is 12.7. The fraction of sp³-hybridized carbons (Fsp3) is 0.389. The van der Waals surface area contributed by atoms with Gasteiger partial charge in [-0.3, -0.25) is 9.79 Å². The molecule has 0 spiro atoms. The Kier molecular flexibility index (Phi) is 7.55. The first kappa shape index (κ1) is 21.4. The van der Waals surface area contributed by atoms with Crippen LogP contribution < -0.4 is 10.3 Å². The van der Waals surface area contributed by atoms with Gasteiger partial charge in [0.15, 0.2) is 6.61 Å². The molecule has 1 heterocycles. The molecule has 5 nitrogen and oxygen atoms in total. The summed E-state index contributed by atoms with van der Waals surface area (Å²) in [6, 6.07) is 0.784.